The molecule has 0 aromatic heterocycles. The highest BCUT2D eigenvalue weighted by atomic mass is 127. The molecule has 1 nitrogen and oxygen atoms in total. The summed E-state index contributed by atoms with van der Waals surface area (Å²) < 4.78 is 1.09. The van der Waals surface area contributed by atoms with E-state index in [1.807, 2.05) is 7.05 Å². The molecule has 0 amide bonds. The highest BCUT2D eigenvalue weighted by Gasteiger charge is 2.14. The van der Waals surface area contributed by atoms with E-state index in [9.17, 15) is 0 Å². The van der Waals surface area contributed by atoms with E-state index in [-0.39, 0.29) is 6.04 Å². The second kappa shape index (κ2) is 7.12. The van der Waals surface area contributed by atoms with Gasteiger partial charge >= 0.3 is 0 Å². The molecule has 21 heavy (non-hydrogen) atoms. The predicted octanol–water partition coefficient (Wildman–Crippen LogP) is 5.37. The fourth-order valence-corrected chi connectivity index (χ4v) is 3.38. The van der Waals surface area contributed by atoms with E-state index in [1.165, 1.54) is 27.8 Å². The summed E-state index contributed by atoms with van der Waals surface area (Å²) in [6.45, 7) is 6.55. The summed E-state index contributed by atoms with van der Waals surface area (Å²) in [7, 11) is 2.01. The Morgan fingerprint density at radius 2 is 1.71 bits per heavy atom. The van der Waals surface area contributed by atoms with E-state index in [0.717, 1.165) is 15.0 Å². The summed E-state index contributed by atoms with van der Waals surface area (Å²) in [5.74, 6) is 0. The maximum absolute atomic E-state index is 6.27. The number of hydrogen-bond donors (Lipinski definition) is 1. The summed E-state index contributed by atoms with van der Waals surface area (Å²) in [5.41, 5.74) is 6.72. The number of benzene rings is 2. The molecule has 112 valence electrons. The van der Waals surface area contributed by atoms with Crippen molar-refractivity contribution in [3.63, 3.8) is 0 Å². The first kappa shape index (κ1) is 16.8. The number of nitrogens with one attached hydrogen (secondary N) is 1. The molecule has 0 bridgehead atoms. The lowest BCUT2D eigenvalue weighted by Crippen LogP contribution is -2.20. The molecule has 2 aromatic rings. The number of rotatable bonds is 4. The first-order valence-corrected chi connectivity index (χ1v) is 8.57. The van der Waals surface area contributed by atoms with Gasteiger partial charge in [0.15, 0.2) is 0 Å². The number of likely N-dealkylation sites (N-methyl/N-ethyl adjacent to an activating group) is 1. The van der Waals surface area contributed by atoms with Crippen LogP contribution < -0.4 is 5.32 Å². The van der Waals surface area contributed by atoms with Gasteiger partial charge in [0.2, 0.25) is 0 Å². The quantitative estimate of drug-likeness (QED) is 0.664. The van der Waals surface area contributed by atoms with Gasteiger partial charge < -0.3 is 5.32 Å². The Bertz CT molecular complexity index is 629. The molecule has 0 saturated heterocycles. The second-order valence-electron chi connectivity index (χ2n) is 5.60. The number of hydrogen-bond acceptors (Lipinski definition) is 1. The van der Waals surface area contributed by atoms with Crippen LogP contribution in [-0.2, 0) is 6.42 Å². The van der Waals surface area contributed by atoms with Gasteiger partial charge in [-0.3, -0.25) is 0 Å². The third-order valence-electron chi connectivity index (χ3n) is 3.94. The minimum Gasteiger partial charge on any atom is -0.313 e. The smallest absolute Gasteiger partial charge is 0.0542 e. The van der Waals surface area contributed by atoms with Crippen molar-refractivity contribution in [1.82, 2.24) is 5.32 Å². The van der Waals surface area contributed by atoms with Crippen LogP contribution in [0.4, 0.5) is 0 Å². The molecule has 1 unspecified atom stereocenters. The van der Waals surface area contributed by atoms with Crippen LogP contribution in [0, 0.1) is 24.3 Å². The molecule has 1 N–H and O–H groups in total. The molecule has 0 aliphatic heterocycles. The van der Waals surface area contributed by atoms with Crippen LogP contribution in [0.25, 0.3) is 0 Å². The highest BCUT2D eigenvalue weighted by Crippen LogP contribution is 2.27. The predicted molar refractivity (Wildman–Crippen MR) is 100 cm³/mol. The summed E-state index contributed by atoms with van der Waals surface area (Å²) in [5, 5.41) is 4.25. The molecule has 0 aliphatic carbocycles. The van der Waals surface area contributed by atoms with E-state index in [4.69, 9.17) is 11.6 Å². The average molecular weight is 414 g/mol. The van der Waals surface area contributed by atoms with E-state index in [0.29, 0.717) is 0 Å². The SMILES string of the molecule is CNC(Cc1c(C)cc(C)cc1C)c1ccc(I)c(Cl)c1. The summed E-state index contributed by atoms with van der Waals surface area (Å²) in [6.07, 6.45) is 0.978. The van der Waals surface area contributed by atoms with E-state index in [1.54, 1.807) is 0 Å². The lowest BCUT2D eigenvalue weighted by molar-refractivity contribution is 0.589. The Hall–Kier alpha value is -0.580. The van der Waals surface area contributed by atoms with Crippen molar-refractivity contribution in [3.8, 4) is 0 Å². The molecule has 0 radical (unpaired) electrons. The molecule has 0 heterocycles. The van der Waals surface area contributed by atoms with E-state index < -0.39 is 0 Å². The van der Waals surface area contributed by atoms with Crippen molar-refractivity contribution >= 4 is 34.2 Å². The molecule has 0 fully saturated rings. The van der Waals surface area contributed by atoms with Crippen LogP contribution in [0.5, 0.6) is 0 Å². The van der Waals surface area contributed by atoms with Gasteiger partial charge in [0.05, 0.1) is 5.02 Å². The first-order valence-electron chi connectivity index (χ1n) is 7.11. The fourth-order valence-electron chi connectivity index (χ4n) is 2.85. The van der Waals surface area contributed by atoms with Gasteiger partial charge in [0.1, 0.15) is 0 Å². The average Bonchev–Trinajstić information content (AvgIpc) is 2.41. The van der Waals surface area contributed by atoms with Crippen LogP contribution in [0.3, 0.4) is 0 Å². The number of aryl methyl sites for hydroxylation is 3. The van der Waals surface area contributed by atoms with Gasteiger partial charge in [0.25, 0.3) is 0 Å². The van der Waals surface area contributed by atoms with Gasteiger partial charge in [-0.2, -0.15) is 0 Å². The Kier molecular flexibility index (Phi) is 5.69. The van der Waals surface area contributed by atoms with Crippen molar-refractivity contribution in [2.45, 2.75) is 33.2 Å². The van der Waals surface area contributed by atoms with Gasteiger partial charge in [-0.15, -0.1) is 0 Å². The number of halogens is 2. The molecular formula is C18H21ClIN. The third kappa shape index (κ3) is 3.99. The summed E-state index contributed by atoms with van der Waals surface area (Å²) in [4.78, 5) is 0. The zero-order chi connectivity index (χ0) is 15.6. The molecule has 3 heteroatoms. The lowest BCUT2D eigenvalue weighted by atomic mass is 9.92. The van der Waals surface area contributed by atoms with Gasteiger partial charge in [-0.1, -0.05) is 35.4 Å². The minimum absolute atomic E-state index is 0.277. The Labute approximate surface area is 146 Å². The van der Waals surface area contributed by atoms with Crippen molar-refractivity contribution < 1.29 is 0 Å². The lowest BCUT2D eigenvalue weighted by Gasteiger charge is -2.20. The van der Waals surface area contributed by atoms with Crippen LogP contribution in [-0.4, -0.2) is 7.05 Å². The van der Waals surface area contributed by atoms with E-state index in [2.05, 4.69) is 79.0 Å². The molecule has 2 aromatic carbocycles. The monoisotopic (exact) mass is 413 g/mol. The van der Waals surface area contributed by atoms with Crippen LogP contribution >= 0.6 is 34.2 Å². The standard InChI is InChI=1S/C18H21ClIN/c1-11-7-12(2)15(13(3)8-11)10-18(21-4)14-5-6-17(20)16(19)9-14/h5-9,18,21H,10H2,1-4H3. The molecule has 0 spiro atoms. The van der Waals surface area contributed by atoms with Crippen molar-refractivity contribution in [1.29, 1.82) is 0 Å². The molecule has 1 atom stereocenters. The highest BCUT2D eigenvalue weighted by molar-refractivity contribution is 14.1. The minimum atomic E-state index is 0.277. The van der Waals surface area contributed by atoms with Crippen molar-refractivity contribution in [2.75, 3.05) is 7.05 Å². The fraction of sp³-hybridized carbons (Fsp3) is 0.333. The van der Waals surface area contributed by atoms with Gasteiger partial charge in [0, 0.05) is 9.61 Å². The molecule has 0 aliphatic rings. The second-order valence-corrected chi connectivity index (χ2v) is 7.17. The van der Waals surface area contributed by atoms with Gasteiger partial charge in [-0.05, 0) is 91.2 Å². The Balaban J connectivity index is 2.33. The van der Waals surface area contributed by atoms with Gasteiger partial charge in [-0.25, -0.2) is 0 Å². The first-order chi connectivity index (χ1) is 9.92. The zero-order valence-corrected chi connectivity index (χ0v) is 15.8. The maximum atomic E-state index is 6.27. The third-order valence-corrected chi connectivity index (χ3v) is 5.52. The van der Waals surface area contributed by atoms with Crippen molar-refractivity contribution in [2.24, 2.45) is 0 Å². The Morgan fingerprint density at radius 1 is 1.10 bits per heavy atom. The van der Waals surface area contributed by atoms with Crippen molar-refractivity contribution in [3.05, 3.63) is 66.7 Å². The molecule has 0 saturated carbocycles. The van der Waals surface area contributed by atoms with Crippen LogP contribution in [0.15, 0.2) is 30.3 Å². The maximum Gasteiger partial charge on any atom is 0.0542 e. The van der Waals surface area contributed by atoms with Crippen LogP contribution in [0.1, 0.15) is 33.9 Å². The zero-order valence-electron chi connectivity index (χ0n) is 12.9. The summed E-state index contributed by atoms with van der Waals surface area (Å²) >= 11 is 8.53. The Morgan fingerprint density at radius 3 is 2.24 bits per heavy atom. The van der Waals surface area contributed by atoms with E-state index >= 15 is 0 Å². The topological polar surface area (TPSA) is 12.0 Å². The molecule has 2 rings (SSSR count). The van der Waals surface area contributed by atoms with Crippen LogP contribution in [0.2, 0.25) is 5.02 Å². The largest absolute Gasteiger partial charge is 0.313 e. The normalized spacial score (nSPS) is 12.5. The molecular weight excluding hydrogens is 393 g/mol. The summed E-state index contributed by atoms with van der Waals surface area (Å²) in [6, 6.07) is 11.1.